The van der Waals surface area contributed by atoms with Crippen LogP contribution in [0.2, 0.25) is 10.0 Å². The van der Waals surface area contributed by atoms with E-state index < -0.39 is 28.5 Å². The molecule has 196 valence electrons. The van der Waals surface area contributed by atoms with E-state index in [1.807, 2.05) is 13.0 Å². The Morgan fingerprint density at radius 1 is 1.06 bits per heavy atom. The first-order chi connectivity index (χ1) is 16.9. The predicted octanol–water partition coefficient (Wildman–Crippen LogP) is 4.85. The molecule has 0 unspecified atom stereocenters. The third-order valence-electron chi connectivity index (χ3n) is 6.51. The fourth-order valence-electron chi connectivity index (χ4n) is 4.49. The number of hydrogen-bond acceptors (Lipinski definition) is 4. The summed E-state index contributed by atoms with van der Waals surface area (Å²) in [4.78, 5) is 28.2. The van der Waals surface area contributed by atoms with Crippen LogP contribution in [0.5, 0.6) is 0 Å². The lowest BCUT2D eigenvalue weighted by molar-refractivity contribution is -0.139. The normalized spacial score (nSPS) is 14.9. The van der Waals surface area contributed by atoms with Gasteiger partial charge in [-0.1, -0.05) is 59.8 Å². The van der Waals surface area contributed by atoms with Crippen molar-refractivity contribution in [3.8, 4) is 0 Å². The van der Waals surface area contributed by atoms with E-state index in [-0.39, 0.29) is 18.5 Å². The molecule has 1 saturated carbocycles. The van der Waals surface area contributed by atoms with E-state index in [9.17, 15) is 18.0 Å². The van der Waals surface area contributed by atoms with Crippen LogP contribution >= 0.6 is 23.2 Å². The van der Waals surface area contributed by atoms with Crippen molar-refractivity contribution in [1.82, 2.24) is 10.2 Å². The van der Waals surface area contributed by atoms with E-state index in [0.717, 1.165) is 47.4 Å². The van der Waals surface area contributed by atoms with Crippen LogP contribution in [0.4, 0.5) is 5.69 Å². The summed E-state index contributed by atoms with van der Waals surface area (Å²) in [5.41, 5.74) is 2.82. The molecule has 1 atom stereocenters. The largest absolute Gasteiger partial charge is 0.352 e. The third kappa shape index (κ3) is 7.14. The lowest BCUT2D eigenvalue weighted by Gasteiger charge is -2.32. The number of nitrogens with zero attached hydrogens (tertiary/aromatic N) is 2. The monoisotopic (exact) mass is 553 g/mol. The van der Waals surface area contributed by atoms with E-state index in [2.05, 4.69) is 5.32 Å². The average molecular weight is 555 g/mol. The molecule has 0 radical (unpaired) electrons. The molecular weight excluding hydrogens is 521 g/mol. The van der Waals surface area contributed by atoms with Gasteiger partial charge in [0.05, 0.1) is 22.0 Å². The number of benzene rings is 2. The molecule has 3 rings (SSSR count). The van der Waals surface area contributed by atoms with E-state index >= 15 is 0 Å². The minimum absolute atomic E-state index is 0.0689. The van der Waals surface area contributed by atoms with Gasteiger partial charge < -0.3 is 10.2 Å². The Morgan fingerprint density at radius 3 is 2.31 bits per heavy atom. The summed E-state index contributed by atoms with van der Waals surface area (Å²) in [6.45, 7) is 5.00. The van der Waals surface area contributed by atoms with Crippen LogP contribution in [0.25, 0.3) is 0 Å². The zero-order valence-corrected chi connectivity index (χ0v) is 23.4. The molecule has 2 aromatic rings. The number of hydrogen-bond donors (Lipinski definition) is 1. The molecule has 1 N–H and O–H groups in total. The van der Waals surface area contributed by atoms with Crippen molar-refractivity contribution in [3.63, 3.8) is 0 Å². The molecule has 0 spiro atoms. The number of carbonyl (C=O) groups is 2. The minimum atomic E-state index is -3.78. The summed E-state index contributed by atoms with van der Waals surface area (Å²) in [5, 5.41) is 3.75. The zero-order chi connectivity index (χ0) is 26.6. The minimum Gasteiger partial charge on any atom is -0.352 e. The molecule has 7 nitrogen and oxygen atoms in total. The SMILES string of the molecule is Cc1ccc(N(CC(=O)N(Cc2ccc(Cl)c(Cl)c2)[C@@H](C)C(=O)NC2CCCC2)S(C)(=O)=O)c(C)c1. The fraction of sp³-hybridized carbons (Fsp3) is 0.462. The highest BCUT2D eigenvalue weighted by molar-refractivity contribution is 7.92. The van der Waals surface area contributed by atoms with Crippen molar-refractivity contribution >= 4 is 50.7 Å². The third-order valence-corrected chi connectivity index (χ3v) is 8.37. The highest BCUT2D eigenvalue weighted by Crippen LogP contribution is 2.26. The number of carbonyl (C=O) groups excluding carboxylic acids is 2. The number of aryl methyl sites for hydroxylation is 2. The number of nitrogens with one attached hydrogen (secondary N) is 1. The van der Waals surface area contributed by atoms with Gasteiger partial charge in [-0.3, -0.25) is 13.9 Å². The summed E-state index contributed by atoms with van der Waals surface area (Å²) >= 11 is 12.2. The Kier molecular flexibility index (Phi) is 9.30. The van der Waals surface area contributed by atoms with Gasteiger partial charge in [0, 0.05) is 12.6 Å². The van der Waals surface area contributed by atoms with E-state index in [1.165, 1.54) is 4.90 Å². The average Bonchev–Trinajstić information content (AvgIpc) is 3.30. The number of amides is 2. The Bertz CT molecular complexity index is 1230. The molecule has 2 amide bonds. The molecule has 0 aromatic heterocycles. The number of sulfonamides is 1. The van der Waals surface area contributed by atoms with Crippen molar-refractivity contribution in [3.05, 3.63) is 63.1 Å². The van der Waals surface area contributed by atoms with Gasteiger partial charge in [0.1, 0.15) is 12.6 Å². The second kappa shape index (κ2) is 11.8. The molecule has 0 aliphatic heterocycles. The lowest BCUT2D eigenvalue weighted by Crippen LogP contribution is -2.52. The van der Waals surface area contributed by atoms with E-state index in [4.69, 9.17) is 23.2 Å². The van der Waals surface area contributed by atoms with Gasteiger partial charge in [0.2, 0.25) is 21.8 Å². The molecule has 0 saturated heterocycles. The standard InChI is InChI=1S/C26H33Cl2N3O4S/c1-17-9-12-24(18(2)13-17)31(36(4,34)35)16-25(32)30(15-20-10-11-22(27)23(28)14-20)19(3)26(33)29-21-7-5-6-8-21/h9-14,19,21H,5-8,15-16H2,1-4H3,(H,29,33)/t19-/m0/s1. The Labute approximate surface area is 223 Å². The van der Waals surface area contributed by atoms with Crippen LogP contribution in [0.1, 0.15) is 49.3 Å². The Balaban J connectivity index is 1.92. The van der Waals surface area contributed by atoms with Crippen molar-refractivity contribution in [1.29, 1.82) is 0 Å². The summed E-state index contributed by atoms with van der Waals surface area (Å²) < 4.78 is 26.6. The molecule has 1 fully saturated rings. The molecular formula is C26H33Cl2N3O4S. The molecule has 36 heavy (non-hydrogen) atoms. The first-order valence-corrected chi connectivity index (χ1v) is 14.6. The Morgan fingerprint density at radius 2 is 1.72 bits per heavy atom. The fourth-order valence-corrected chi connectivity index (χ4v) is 5.72. The topological polar surface area (TPSA) is 86.8 Å². The Hall–Kier alpha value is -2.29. The van der Waals surface area contributed by atoms with Crippen LogP contribution < -0.4 is 9.62 Å². The maximum absolute atomic E-state index is 13.7. The van der Waals surface area contributed by atoms with E-state index in [0.29, 0.717) is 21.3 Å². The summed E-state index contributed by atoms with van der Waals surface area (Å²) in [6.07, 6.45) is 5.01. The number of rotatable bonds is 9. The molecule has 2 aromatic carbocycles. The smallest absolute Gasteiger partial charge is 0.244 e. The summed E-state index contributed by atoms with van der Waals surface area (Å²) in [5.74, 6) is -0.770. The quantitative estimate of drug-likeness (QED) is 0.480. The predicted molar refractivity (Wildman–Crippen MR) is 145 cm³/mol. The van der Waals surface area contributed by atoms with E-state index in [1.54, 1.807) is 44.2 Å². The number of halogens is 2. The van der Waals surface area contributed by atoms with Crippen molar-refractivity contribution in [2.75, 3.05) is 17.1 Å². The van der Waals surface area contributed by atoms with Gasteiger partial charge in [0.25, 0.3) is 0 Å². The molecule has 0 bridgehead atoms. The van der Waals surface area contributed by atoms with Gasteiger partial charge in [-0.25, -0.2) is 8.42 Å². The van der Waals surface area contributed by atoms with Crippen molar-refractivity contribution in [2.24, 2.45) is 0 Å². The van der Waals surface area contributed by atoms with Crippen LogP contribution in [-0.2, 0) is 26.2 Å². The van der Waals surface area contributed by atoms with Crippen LogP contribution in [0.3, 0.4) is 0 Å². The van der Waals surface area contributed by atoms with Crippen LogP contribution in [-0.4, -0.2) is 50.0 Å². The van der Waals surface area contributed by atoms with Crippen LogP contribution in [0.15, 0.2) is 36.4 Å². The van der Waals surface area contributed by atoms with Gasteiger partial charge in [-0.15, -0.1) is 0 Å². The maximum atomic E-state index is 13.7. The summed E-state index contributed by atoms with van der Waals surface area (Å²) in [7, 11) is -3.78. The lowest BCUT2D eigenvalue weighted by atomic mass is 10.1. The van der Waals surface area contributed by atoms with Gasteiger partial charge in [-0.2, -0.15) is 0 Å². The second-order valence-corrected chi connectivity index (χ2v) is 12.2. The molecule has 10 heteroatoms. The number of anilines is 1. The van der Waals surface area contributed by atoms with Crippen LogP contribution in [0, 0.1) is 13.8 Å². The highest BCUT2D eigenvalue weighted by atomic mass is 35.5. The van der Waals surface area contributed by atoms with Gasteiger partial charge in [-0.05, 0) is 62.9 Å². The molecule has 1 aliphatic carbocycles. The zero-order valence-electron chi connectivity index (χ0n) is 21.1. The van der Waals surface area contributed by atoms with Gasteiger partial charge in [0.15, 0.2) is 0 Å². The maximum Gasteiger partial charge on any atom is 0.244 e. The first-order valence-electron chi connectivity index (χ1n) is 12.0. The second-order valence-electron chi connectivity index (χ2n) is 9.50. The highest BCUT2D eigenvalue weighted by Gasteiger charge is 2.31. The summed E-state index contributed by atoms with van der Waals surface area (Å²) in [6, 6.07) is 9.62. The molecule has 0 heterocycles. The first kappa shape index (κ1) is 28.3. The van der Waals surface area contributed by atoms with Gasteiger partial charge >= 0.3 is 0 Å². The molecule has 1 aliphatic rings. The van der Waals surface area contributed by atoms with Crippen molar-refractivity contribution in [2.45, 2.75) is 65.1 Å². The van der Waals surface area contributed by atoms with Crippen molar-refractivity contribution < 1.29 is 18.0 Å².